The second-order valence-electron chi connectivity index (χ2n) is 5.27. The summed E-state index contributed by atoms with van der Waals surface area (Å²) in [5.41, 5.74) is 5.51. The van der Waals surface area contributed by atoms with Crippen molar-refractivity contribution in [2.45, 2.75) is 45.6 Å². The van der Waals surface area contributed by atoms with Crippen molar-refractivity contribution in [3.63, 3.8) is 0 Å². The summed E-state index contributed by atoms with van der Waals surface area (Å²) in [5, 5.41) is 0. The molecule has 2 N–H and O–H groups in total. The smallest absolute Gasteiger partial charge is 0.326 e. The third-order valence-corrected chi connectivity index (χ3v) is 3.69. The number of nitrogens with two attached hydrogens (primary N) is 1. The Morgan fingerprint density at radius 3 is 2.53 bits per heavy atom. The Morgan fingerprint density at radius 1 is 1.47 bits per heavy atom. The molecule has 0 aromatic rings. The van der Waals surface area contributed by atoms with Gasteiger partial charge in [-0.05, 0) is 30.6 Å². The predicted molar refractivity (Wildman–Crippen MR) is 60.3 cm³/mol. The summed E-state index contributed by atoms with van der Waals surface area (Å²) in [7, 11) is 1.42. The van der Waals surface area contributed by atoms with Gasteiger partial charge in [0.2, 0.25) is 0 Å². The van der Waals surface area contributed by atoms with Crippen molar-refractivity contribution in [2.75, 3.05) is 7.11 Å². The van der Waals surface area contributed by atoms with E-state index in [1.807, 2.05) is 0 Å². The number of methoxy groups -OCH3 is 1. The molecule has 0 heterocycles. The van der Waals surface area contributed by atoms with Gasteiger partial charge in [-0.1, -0.05) is 27.2 Å². The van der Waals surface area contributed by atoms with E-state index in [1.165, 1.54) is 13.5 Å². The van der Waals surface area contributed by atoms with Gasteiger partial charge in [-0.3, -0.25) is 4.79 Å². The SMILES string of the molecule is COC(=O)C1(N)CC(C)CCC1C(C)C. The Labute approximate surface area is 92.4 Å². The lowest BCUT2D eigenvalue weighted by atomic mass is 9.65. The number of hydrogen-bond donors (Lipinski definition) is 1. The third kappa shape index (κ3) is 2.33. The predicted octanol–water partition coefficient (Wildman–Crippen LogP) is 1.95. The van der Waals surface area contributed by atoms with Crippen LogP contribution in [-0.4, -0.2) is 18.6 Å². The lowest BCUT2D eigenvalue weighted by Gasteiger charge is -2.43. The molecule has 0 spiro atoms. The molecule has 3 atom stereocenters. The number of ether oxygens (including phenoxy) is 1. The molecule has 88 valence electrons. The van der Waals surface area contributed by atoms with Crippen LogP contribution in [0.2, 0.25) is 0 Å². The van der Waals surface area contributed by atoms with Crippen molar-refractivity contribution >= 4 is 5.97 Å². The van der Waals surface area contributed by atoms with Gasteiger partial charge in [-0.25, -0.2) is 0 Å². The van der Waals surface area contributed by atoms with Crippen LogP contribution >= 0.6 is 0 Å². The number of carbonyl (C=O) groups is 1. The zero-order chi connectivity index (χ0) is 11.6. The fourth-order valence-electron chi connectivity index (χ4n) is 2.90. The summed E-state index contributed by atoms with van der Waals surface area (Å²) in [4.78, 5) is 11.8. The first-order chi connectivity index (χ1) is 6.91. The van der Waals surface area contributed by atoms with Gasteiger partial charge in [-0.2, -0.15) is 0 Å². The molecule has 3 nitrogen and oxygen atoms in total. The number of hydrogen-bond acceptors (Lipinski definition) is 3. The van der Waals surface area contributed by atoms with Gasteiger partial charge in [0.05, 0.1) is 7.11 Å². The first-order valence-electron chi connectivity index (χ1n) is 5.79. The molecule has 0 bridgehead atoms. The summed E-state index contributed by atoms with van der Waals surface area (Å²) < 4.78 is 4.86. The number of carbonyl (C=O) groups excluding carboxylic acids is 1. The second kappa shape index (κ2) is 4.52. The van der Waals surface area contributed by atoms with E-state index in [0.717, 1.165) is 12.8 Å². The van der Waals surface area contributed by atoms with Crippen LogP contribution < -0.4 is 5.73 Å². The van der Waals surface area contributed by atoms with E-state index >= 15 is 0 Å². The molecule has 3 unspecified atom stereocenters. The Morgan fingerprint density at radius 2 is 2.07 bits per heavy atom. The monoisotopic (exact) mass is 213 g/mol. The summed E-state index contributed by atoms with van der Waals surface area (Å²) in [5.74, 6) is 0.958. The molecule has 1 aliphatic carbocycles. The van der Waals surface area contributed by atoms with Crippen molar-refractivity contribution in [2.24, 2.45) is 23.5 Å². The number of esters is 1. The first-order valence-corrected chi connectivity index (χ1v) is 5.79. The highest BCUT2D eigenvalue weighted by Crippen LogP contribution is 2.40. The fraction of sp³-hybridized carbons (Fsp3) is 0.917. The Balaban J connectivity index is 2.91. The van der Waals surface area contributed by atoms with Crippen LogP contribution in [0.15, 0.2) is 0 Å². The minimum absolute atomic E-state index is 0.243. The maximum absolute atomic E-state index is 11.8. The average molecular weight is 213 g/mol. The summed E-state index contributed by atoms with van der Waals surface area (Å²) >= 11 is 0. The van der Waals surface area contributed by atoms with Gasteiger partial charge >= 0.3 is 5.97 Å². The quantitative estimate of drug-likeness (QED) is 0.713. The average Bonchev–Trinajstić information content (AvgIpc) is 2.15. The zero-order valence-corrected chi connectivity index (χ0v) is 10.2. The molecule has 1 rings (SSSR count). The largest absolute Gasteiger partial charge is 0.468 e. The molecule has 1 aliphatic rings. The number of rotatable bonds is 2. The van der Waals surface area contributed by atoms with E-state index in [-0.39, 0.29) is 11.9 Å². The minimum Gasteiger partial charge on any atom is -0.468 e. The highest BCUT2D eigenvalue weighted by atomic mass is 16.5. The normalized spacial score (nSPS) is 36.7. The van der Waals surface area contributed by atoms with Crippen LogP contribution in [0.5, 0.6) is 0 Å². The van der Waals surface area contributed by atoms with Gasteiger partial charge in [0.15, 0.2) is 0 Å². The van der Waals surface area contributed by atoms with E-state index in [1.54, 1.807) is 0 Å². The van der Waals surface area contributed by atoms with Crippen LogP contribution in [0.25, 0.3) is 0 Å². The van der Waals surface area contributed by atoms with Gasteiger partial charge in [-0.15, -0.1) is 0 Å². The van der Waals surface area contributed by atoms with Gasteiger partial charge in [0.25, 0.3) is 0 Å². The molecule has 0 amide bonds. The van der Waals surface area contributed by atoms with E-state index in [0.29, 0.717) is 11.8 Å². The summed E-state index contributed by atoms with van der Waals surface area (Å²) in [6.07, 6.45) is 2.95. The molecular formula is C12H23NO2. The van der Waals surface area contributed by atoms with Crippen molar-refractivity contribution in [3.8, 4) is 0 Å². The van der Waals surface area contributed by atoms with E-state index in [9.17, 15) is 4.79 Å². The van der Waals surface area contributed by atoms with E-state index in [2.05, 4.69) is 20.8 Å². The van der Waals surface area contributed by atoms with Crippen LogP contribution in [0.1, 0.15) is 40.0 Å². The Kier molecular flexibility index (Phi) is 3.77. The maximum atomic E-state index is 11.8. The van der Waals surface area contributed by atoms with Crippen molar-refractivity contribution in [1.29, 1.82) is 0 Å². The molecule has 1 fully saturated rings. The van der Waals surface area contributed by atoms with Crippen molar-refractivity contribution < 1.29 is 9.53 Å². The lowest BCUT2D eigenvalue weighted by Crippen LogP contribution is -2.59. The molecule has 3 heteroatoms. The van der Waals surface area contributed by atoms with Crippen LogP contribution in [0, 0.1) is 17.8 Å². The minimum atomic E-state index is -0.763. The molecule has 0 aromatic carbocycles. The first kappa shape index (κ1) is 12.5. The van der Waals surface area contributed by atoms with Crippen LogP contribution in [0.4, 0.5) is 0 Å². The summed E-state index contributed by atoms with van der Waals surface area (Å²) in [6.45, 7) is 6.41. The highest BCUT2D eigenvalue weighted by Gasteiger charge is 2.47. The zero-order valence-electron chi connectivity index (χ0n) is 10.2. The Bertz CT molecular complexity index is 240. The molecule has 15 heavy (non-hydrogen) atoms. The van der Waals surface area contributed by atoms with Gasteiger partial charge in [0, 0.05) is 0 Å². The van der Waals surface area contributed by atoms with E-state index in [4.69, 9.17) is 10.5 Å². The third-order valence-electron chi connectivity index (χ3n) is 3.69. The maximum Gasteiger partial charge on any atom is 0.326 e. The highest BCUT2D eigenvalue weighted by molar-refractivity contribution is 5.81. The topological polar surface area (TPSA) is 52.3 Å². The fourth-order valence-corrected chi connectivity index (χ4v) is 2.90. The molecule has 0 saturated heterocycles. The van der Waals surface area contributed by atoms with Gasteiger partial charge < -0.3 is 10.5 Å². The molecule has 1 saturated carbocycles. The molecule has 0 aliphatic heterocycles. The molecule has 0 radical (unpaired) electrons. The van der Waals surface area contributed by atoms with Crippen molar-refractivity contribution in [1.82, 2.24) is 0 Å². The lowest BCUT2D eigenvalue weighted by molar-refractivity contribution is -0.152. The summed E-state index contributed by atoms with van der Waals surface area (Å²) in [6, 6.07) is 0. The standard InChI is InChI=1S/C12H23NO2/c1-8(2)10-6-5-9(3)7-12(10,13)11(14)15-4/h8-10H,5-7,13H2,1-4H3. The van der Waals surface area contributed by atoms with Crippen LogP contribution in [0.3, 0.4) is 0 Å². The van der Waals surface area contributed by atoms with Crippen LogP contribution in [-0.2, 0) is 9.53 Å². The molecule has 0 aromatic heterocycles. The Hall–Kier alpha value is -0.570. The van der Waals surface area contributed by atoms with Gasteiger partial charge in [0.1, 0.15) is 5.54 Å². The van der Waals surface area contributed by atoms with E-state index < -0.39 is 5.54 Å². The second-order valence-corrected chi connectivity index (χ2v) is 5.27. The molecular weight excluding hydrogens is 190 g/mol. The van der Waals surface area contributed by atoms with Crippen molar-refractivity contribution in [3.05, 3.63) is 0 Å².